The van der Waals surface area contributed by atoms with Crippen molar-refractivity contribution in [3.63, 3.8) is 0 Å². The number of fused-ring (bicyclic) bond motifs is 1. The molecule has 0 unspecified atom stereocenters. The Morgan fingerprint density at radius 3 is 2.74 bits per heavy atom. The second-order valence-corrected chi connectivity index (χ2v) is 5.40. The molecule has 1 aliphatic rings. The van der Waals surface area contributed by atoms with Crippen LogP contribution in [0.2, 0.25) is 5.15 Å². The van der Waals surface area contributed by atoms with Crippen LogP contribution in [-0.2, 0) is 4.74 Å². The minimum Gasteiger partial charge on any atom is -0.378 e. The molecule has 0 aromatic carbocycles. The molecule has 3 heterocycles. The van der Waals surface area contributed by atoms with Crippen molar-refractivity contribution in [3.05, 3.63) is 23.2 Å². The topological polar surface area (TPSA) is 42.7 Å². The van der Waals surface area contributed by atoms with E-state index in [9.17, 15) is 0 Å². The molecular formula is C13H17ClN4O. The van der Waals surface area contributed by atoms with Crippen molar-refractivity contribution in [1.82, 2.24) is 14.4 Å². The molecule has 2 aromatic heterocycles. The summed E-state index contributed by atoms with van der Waals surface area (Å²) in [6, 6.07) is 1.85. The van der Waals surface area contributed by atoms with Gasteiger partial charge >= 0.3 is 0 Å². The molecule has 0 radical (unpaired) electrons. The van der Waals surface area contributed by atoms with Crippen LogP contribution in [0.5, 0.6) is 0 Å². The molecule has 3 rings (SSSR count). The summed E-state index contributed by atoms with van der Waals surface area (Å²) in [6.45, 7) is 7.37. The summed E-state index contributed by atoms with van der Waals surface area (Å²) >= 11 is 6.12. The van der Waals surface area contributed by atoms with Crippen LogP contribution in [0.4, 0.5) is 5.95 Å². The second-order valence-electron chi connectivity index (χ2n) is 5.01. The minimum atomic E-state index is 0.338. The van der Waals surface area contributed by atoms with E-state index < -0.39 is 0 Å². The third-order valence-corrected chi connectivity index (χ3v) is 3.49. The van der Waals surface area contributed by atoms with E-state index in [0.29, 0.717) is 11.1 Å². The van der Waals surface area contributed by atoms with Gasteiger partial charge in [0.1, 0.15) is 11.0 Å². The molecule has 0 atom stereocenters. The summed E-state index contributed by atoms with van der Waals surface area (Å²) in [5.74, 6) is 2.22. The summed E-state index contributed by atoms with van der Waals surface area (Å²) in [4.78, 5) is 11.2. The molecule has 0 aliphatic carbocycles. The molecule has 2 aromatic rings. The van der Waals surface area contributed by atoms with Crippen molar-refractivity contribution in [3.8, 4) is 0 Å². The average Bonchev–Trinajstić information content (AvgIpc) is 2.82. The second kappa shape index (κ2) is 4.98. The molecule has 0 bridgehead atoms. The van der Waals surface area contributed by atoms with Gasteiger partial charge in [-0.2, -0.15) is 0 Å². The van der Waals surface area contributed by atoms with E-state index in [2.05, 4.69) is 33.1 Å². The molecule has 6 heteroatoms. The van der Waals surface area contributed by atoms with Gasteiger partial charge in [0.25, 0.3) is 0 Å². The minimum absolute atomic E-state index is 0.338. The SMILES string of the molecule is CC(C)c1ncc2cc(Cl)nc(N3CCOCC3)n12. The van der Waals surface area contributed by atoms with Gasteiger partial charge in [-0.1, -0.05) is 25.4 Å². The lowest BCUT2D eigenvalue weighted by molar-refractivity contribution is 0.122. The van der Waals surface area contributed by atoms with Crippen LogP contribution in [0.15, 0.2) is 12.3 Å². The van der Waals surface area contributed by atoms with Crippen LogP contribution in [0.25, 0.3) is 5.52 Å². The van der Waals surface area contributed by atoms with Crippen molar-refractivity contribution < 1.29 is 4.74 Å². The fourth-order valence-electron chi connectivity index (χ4n) is 2.38. The van der Waals surface area contributed by atoms with E-state index in [1.807, 2.05) is 12.3 Å². The highest BCUT2D eigenvalue weighted by molar-refractivity contribution is 6.29. The van der Waals surface area contributed by atoms with Crippen molar-refractivity contribution >= 4 is 23.1 Å². The number of ether oxygens (including phenoxy) is 1. The third kappa shape index (κ3) is 2.28. The van der Waals surface area contributed by atoms with Gasteiger partial charge in [0.15, 0.2) is 0 Å². The highest BCUT2D eigenvalue weighted by atomic mass is 35.5. The van der Waals surface area contributed by atoms with Gasteiger partial charge < -0.3 is 9.64 Å². The molecule has 0 amide bonds. The molecule has 102 valence electrons. The third-order valence-electron chi connectivity index (χ3n) is 3.30. The number of halogens is 1. The number of rotatable bonds is 2. The smallest absolute Gasteiger partial charge is 0.213 e. The first kappa shape index (κ1) is 12.7. The van der Waals surface area contributed by atoms with Gasteiger partial charge in [0, 0.05) is 25.1 Å². The Morgan fingerprint density at radius 1 is 1.32 bits per heavy atom. The summed E-state index contributed by atoms with van der Waals surface area (Å²) in [6.07, 6.45) is 1.85. The van der Waals surface area contributed by atoms with Crippen molar-refractivity contribution in [2.75, 3.05) is 31.2 Å². The molecule has 5 nitrogen and oxygen atoms in total. The zero-order chi connectivity index (χ0) is 13.4. The highest BCUT2D eigenvalue weighted by Crippen LogP contribution is 2.25. The largest absolute Gasteiger partial charge is 0.378 e. The summed E-state index contributed by atoms with van der Waals surface area (Å²) in [5, 5.41) is 0.504. The number of anilines is 1. The molecule has 0 spiro atoms. The molecule has 0 saturated carbocycles. The van der Waals surface area contributed by atoms with Crippen LogP contribution < -0.4 is 4.90 Å². The Hall–Kier alpha value is -1.33. The molecule has 1 saturated heterocycles. The average molecular weight is 281 g/mol. The maximum Gasteiger partial charge on any atom is 0.213 e. The van der Waals surface area contributed by atoms with Crippen LogP contribution in [0.1, 0.15) is 25.6 Å². The number of imidazole rings is 1. The number of morpholine rings is 1. The van der Waals surface area contributed by atoms with E-state index in [1.165, 1.54) is 0 Å². The normalized spacial score (nSPS) is 16.5. The quantitative estimate of drug-likeness (QED) is 0.792. The molecule has 1 aliphatic heterocycles. The maximum absolute atomic E-state index is 6.12. The van der Waals surface area contributed by atoms with E-state index >= 15 is 0 Å². The Labute approximate surface area is 117 Å². The lowest BCUT2D eigenvalue weighted by Crippen LogP contribution is -2.38. The van der Waals surface area contributed by atoms with Crippen molar-refractivity contribution in [2.24, 2.45) is 0 Å². The standard InChI is InChI=1S/C13H17ClN4O/c1-9(2)12-15-8-10-7-11(14)16-13(18(10)12)17-3-5-19-6-4-17/h7-9H,3-6H2,1-2H3. The van der Waals surface area contributed by atoms with Gasteiger partial charge in [-0.3, -0.25) is 4.40 Å². The Balaban J connectivity index is 2.17. The fourth-order valence-corrected chi connectivity index (χ4v) is 2.57. The van der Waals surface area contributed by atoms with Gasteiger partial charge in [-0.25, -0.2) is 9.97 Å². The highest BCUT2D eigenvalue weighted by Gasteiger charge is 2.19. The Bertz CT molecular complexity index is 590. The first-order valence-corrected chi connectivity index (χ1v) is 6.91. The van der Waals surface area contributed by atoms with E-state index in [1.54, 1.807) is 0 Å². The van der Waals surface area contributed by atoms with Crippen LogP contribution >= 0.6 is 11.6 Å². The van der Waals surface area contributed by atoms with Gasteiger partial charge in [-0.05, 0) is 0 Å². The Kier molecular flexibility index (Phi) is 3.33. The zero-order valence-corrected chi connectivity index (χ0v) is 11.9. The lowest BCUT2D eigenvalue weighted by atomic mass is 10.2. The van der Waals surface area contributed by atoms with E-state index in [0.717, 1.165) is 43.6 Å². The molecular weight excluding hydrogens is 264 g/mol. The van der Waals surface area contributed by atoms with Crippen LogP contribution in [-0.4, -0.2) is 40.7 Å². The zero-order valence-electron chi connectivity index (χ0n) is 11.1. The van der Waals surface area contributed by atoms with Gasteiger partial charge in [-0.15, -0.1) is 0 Å². The first-order chi connectivity index (χ1) is 9.16. The van der Waals surface area contributed by atoms with E-state index in [4.69, 9.17) is 16.3 Å². The number of hydrogen-bond acceptors (Lipinski definition) is 4. The Morgan fingerprint density at radius 2 is 2.05 bits per heavy atom. The van der Waals surface area contributed by atoms with Crippen molar-refractivity contribution in [1.29, 1.82) is 0 Å². The van der Waals surface area contributed by atoms with Gasteiger partial charge in [0.2, 0.25) is 5.95 Å². The molecule has 19 heavy (non-hydrogen) atoms. The monoisotopic (exact) mass is 280 g/mol. The van der Waals surface area contributed by atoms with Crippen molar-refractivity contribution in [2.45, 2.75) is 19.8 Å². The van der Waals surface area contributed by atoms with Crippen LogP contribution in [0, 0.1) is 0 Å². The number of hydrogen-bond donors (Lipinski definition) is 0. The predicted octanol–water partition coefficient (Wildman–Crippen LogP) is 2.34. The van der Waals surface area contributed by atoms with Gasteiger partial charge in [0.05, 0.1) is 24.9 Å². The maximum atomic E-state index is 6.12. The number of nitrogens with zero attached hydrogens (tertiary/aromatic N) is 4. The summed E-state index contributed by atoms with van der Waals surface area (Å²) < 4.78 is 7.49. The first-order valence-electron chi connectivity index (χ1n) is 6.53. The van der Waals surface area contributed by atoms with Crippen LogP contribution in [0.3, 0.4) is 0 Å². The summed E-state index contributed by atoms with van der Waals surface area (Å²) in [7, 11) is 0. The lowest BCUT2D eigenvalue weighted by Gasteiger charge is -2.28. The fraction of sp³-hybridized carbons (Fsp3) is 0.538. The molecule has 0 N–H and O–H groups in total. The number of aromatic nitrogens is 3. The predicted molar refractivity (Wildman–Crippen MR) is 75.1 cm³/mol. The van der Waals surface area contributed by atoms with E-state index in [-0.39, 0.29) is 0 Å². The molecule has 1 fully saturated rings. The summed E-state index contributed by atoms with van der Waals surface area (Å²) in [5.41, 5.74) is 0.991.